The molecule has 5 nitrogen and oxygen atoms in total. The molecule has 1 aliphatic heterocycles. The van der Waals surface area contributed by atoms with Crippen molar-refractivity contribution in [2.45, 2.75) is 39.3 Å². The number of aromatic nitrogens is 1. The Bertz CT molecular complexity index is 858. The molecule has 3 rings (SSSR count). The van der Waals surface area contributed by atoms with Crippen molar-refractivity contribution in [3.63, 3.8) is 0 Å². The third-order valence-corrected chi connectivity index (χ3v) is 5.62. The Labute approximate surface area is 175 Å². The molecule has 0 fully saturated rings. The number of carbonyl (C=O) groups is 1. The highest BCUT2D eigenvalue weighted by Gasteiger charge is 2.24. The maximum Gasteiger partial charge on any atom is 0.318 e. The summed E-state index contributed by atoms with van der Waals surface area (Å²) >= 11 is 12.0. The summed E-state index contributed by atoms with van der Waals surface area (Å²) in [5.74, 6) is 0.532. The number of benzene rings is 1. The number of aliphatic hydroxyl groups is 1. The molecule has 0 saturated heterocycles. The van der Waals surface area contributed by atoms with E-state index in [4.69, 9.17) is 23.2 Å². The molecule has 7 heteroatoms. The number of amides is 2. The number of hydrogen-bond acceptors (Lipinski definition) is 3. The number of fused-ring (bicyclic) bond motifs is 1. The Balaban J connectivity index is 1.70. The Morgan fingerprint density at radius 3 is 2.71 bits per heavy atom. The topological polar surface area (TPSA) is 65.5 Å². The Hall–Kier alpha value is -1.82. The lowest BCUT2D eigenvalue weighted by molar-refractivity contribution is 0.177. The molecule has 1 aromatic heterocycles. The normalized spacial score (nSPS) is 14.7. The van der Waals surface area contributed by atoms with Crippen molar-refractivity contribution in [3.05, 3.63) is 62.9 Å². The molecule has 150 valence electrons. The number of halogens is 2. The van der Waals surface area contributed by atoms with E-state index in [0.717, 1.165) is 24.1 Å². The molecule has 0 aliphatic carbocycles. The predicted molar refractivity (Wildman–Crippen MR) is 112 cm³/mol. The highest BCUT2D eigenvalue weighted by molar-refractivity contribution is 6.42. The molecule has 0 unspecified atom stereocenters. The van der Waals surface area contributed by atoms with Gasteiger partial charge in [0.15, 0.2) is 0 Å². The molecule has 2 N–H and O–H groups in total. The molecular weight excluding hydrogens is 397 g/mol. The van der Waals surface area contributed by atoms with Crippen LogP contribution in [0.1, 0.15) is 42.3 Å². The summed E-state index contributed by atoms with van der Waals surface area (Å²) in [7, 11) is 0. The van der Waals surface area contributed by atoms with Crippen molar-refractivity contribution in [2.75, 3.05) is 13.2 Å². The van der Waals surface area contributed by atoms with Gasteiger partial charge in [-0.3, -0.25) is 4.98 Å². The summed E-state index contributed by atoms with van der Waals surface area (Å²) in [6, 6.07) is 6.44. The number of carbonyl (C=O) groups excluding carboxylic acids is 1. The van der Waals surface area contributed by atoms with Crippen LogP contribution in [0.3, 0.4) is 0 Å². The summed E-state index contributed by atoms with van der Waals surface area (Å²) in [5.41, 5.74) is 4.10. The fourth-order valence-electron chi connectivity index (χ4n) is 3.39. The molecule has 0 bridgehead atoms. The highest BCUT2D eigenvalue weighted by atomic mass is 35.5. The van der Waals surface area contributed by atoms with Gasteiger partial charge in [0.1, 0.15) is 0 Å². The van der Waals surface area contributed by atoms with Crippen LogP contribution in [-0.4, -0.2) is 34.2 Å². The first-order chi connectivity index (χ1) is 13.4. The molecule has 0 spiro atoms. The van der Waals surface area contributed by atoms with E-state index >= 15 is 0 Å². The molecular formula is C21H25Cl2N3O2. The fourth-order valence-corrected chi connectivity index (χ4v) is 3.70. The Kier molecular flexibility index (Phi) is 6.81. The number of aliphatic hydroxyl groups excluding tert-OH is 1. The fraction of sp³-hybridized carbons (Fsp3) is 0.429. The second-order valence-corrected chi connectivity index (χ2v) is 8.39. The van der Waals surface area contributed by atoms with Gasteiger partial charge in [0, 0.05) is 25.0 Å². The SMILES string of the molecule is CC(C)Cc1cc2c(cn1)CCN(C(=O)N[C@H](CO)c1ccc(Cl)c(Cl)c1)C2. The summed E-state index contributed by atoms with van der Waals surface area (Å²) in [4.78, 5) is 19.1. The lowest BCUT2D eigenvalue weighted by atomic mass is 9.99. The van der Waals surface area contributed by atoms with Crippen LogP contribution in [-0.2, 0) is 19.4 Å². The summed E-state index contributed by atoms with van der Waals surface area (Å²) in [5, 5.41) is 13.5. The molecule has 2 aromatic rings. The zero-order valence-corrected chi connectivity index (χ0v) is 17.6. The zero-order valence-electron chi connectivity index (χ0n) is 16.1. The number of urea groups is 1. The highest BCUT2D eigenvalue weighted by Crippen LogP contribution is 2.26. The minimum Gasteiger partial charge on any atom is -0.394 e. The molecule has 2 heterocycles. The van der Waals surface area contributed by atoms with E-state index in [9.17, 15) is 9.90 Å². The minimum atomic E-state index is -0.544. The quantitative estimate of drug-likeness (QED) is 0.751. The van der Waals surface area contributed by atoms with Crippen LogP contribution in [0.5, 0.6) is 0 Å². The average molecular weight is 422 g/mol. The first-order valence-electron chi connectivity index (χ1n) is 9.45. The van der Waals surface area contributed by atoms with E-state index in [1.807, 2.05) is 6.20 Å². The monoisotopic (exact) mass is 421 g/mol. The number of rotatable bonds is 5. The first kappa shape index (κ1) is 20.9. The summed E-state index contributed by atoms with van der Waals surface area (Å²) in [6.07, 6.45) is 3.63. The molecule has 0 radical (unpaired) electrons. The van der Waals surface area contributed by atoms with Gasteiger partial charge in [0.05, 0.1) is 22.7 Å². The van der Waals surface area contributed by atoms with Crippen LogP contribution in [0.4, 0.5) is 4.79 Å². The number of nitrogens with one attached hydrogen (secondary N) is 1. The van der Waals surface area contributed by atoms with Gasteiger partial charge in [-0.15, -0.1) is 0 Å². The van der Waals surface area contributed by atoms with E-state index < -0.39 is 6.04 Å². The maximum atomic E-state index is 12.8. The Morgan fingerprint density at radius 2 is 2.04 bits per heavy atom. The van der Waals surface area contributed by atoms with E-state index in [0.29, 0.717) is 34.6 Å². The van der Waals surface area contributed by atoms with E-state index in [1.54, 1.807) is 23.1 Å². The van der Waals surface area contributed by atoms with Crippen molar-refractivity contribution in [2.24, 2.45) is 5.92 Å². The van der Waals surface area contributed by atoms with Crippen LogP contribution >= 0.6 is 23.2 Å². The van der Waals surface area contributed by atoms with Crippen LogP contribution in [0.25, 0.3) is 0 Å². The smallest absolute Gasteiger partial charge is 0.318 e. The van der Waals surface area contributed by atoms with Crippen LogP contribution in [0.15, 0.2) is 30.5 Å². The standard InChI is InChI=1S/C21H25Cl2N3O2/c1-13(2)7-17-8-16-11-26(6-5-15(16)10-24-17)21(28)25-20(12-27)14-3-4-18(22)19(23)9-14/h3-4,8-10,13,20,27H,5-7,11-12H2,1-2H3,(H,25,28)/t20-/m1/s1. The maximum absolute atomic E-state index is 12.8. The average Bonchev–Trinajstić information content (AvgIpc) is 2.67. The molecule has 1 atom stereocenters. The first-order valence-corrected chi connectivity index (χ1v) is 10.2. The van der Waals surface area contributed by atoms with Crippen molar-refractivity contribution >= 4 is 29.2 Å². The molecule has 28 heavy (non-hydrogen) atoms. The Morgan fingerprint density at radius 1 is 1.25 bits per heavy atom. The van der Waals surface area contributed by atoms with Gasteiger partial charge in [-0.25, -0.2) is 4.79 Å². The third-order valence-electron chi connectivity index (χ3n) is 4.88. The van der Waals surface area contributed by atoms with Gasteiger partial charge < -0.3 is 15.3 Å². The predicted octanol–water partition coefficient (Wildman–Crippen LogP) is 4.39. The molecule has 0 saturated carbocycles. The summed E-state index contributed by atoms with van der Waals surface area (Å²) < 4.78 is 0. The van der Waals surface area contributed by atoms with Gasteiger partial charge in [-0.2, -0.15) is 0 Å². The largest absolute Gasteiger partial charge is 0.394 e. The number of hydrogen-bond donors (Lipinski definition) is 2. The third kappa shape index (κ3) is 4.96. The number of nitrogens with zero attached hydrogens (tertiary/aromatic N) is 2. The van der Waals surface area contributed by atoms with Crippen molar-refractivity contribution in [1.82, 2.24) is 15.2 Å². The van der Waals surface area contributed by atoms with Crippen LogP contribution < -0.4 is 5.32 Å². The van der Waals surface area contributed by atoms with Crippen LogP contribution in [0, 0.1) is 5.92 Å². The summed E-state index contributed by atoms with van der Waals surface area (Å²) in [6.45, 7) is 5.26. The zero-order chi connectivity index (χ0) is 20.3. The second kappa shape index (κ2) is 9.12. The van der Waals surface area contributed by atoms with Gasteiger partial charge in [-0.1, -0.05) is 43.1 Å². The molecule has 2 amide bonds. The van der Waals surface area contributed by atoms with Crippen LogP contribution in [0.2, 0.25) is 10.0 Å². The van der Waals surface area contributed by atoms with E-state index in [-0.39, 0.29) is 12.6 Å². The van der Waals surface area contributed by atoms with Crippen molar-refractivity contribution in [1.29, 1.82) is 0 Å². The van der Waals surface area contributed by atoms with Gasteiger partial charge in [-0.05, 0) is 53.6 Å². The van der Waals surface area contributed by atoms with Gasteiger partial charge in [0.2, 0.25) is 0 Å². The van der Waals surface area contributed by atoms with E-state index in [2.05, 4.69) is 30.2 Å². The van der Waals surface area contributed by atoms with Crippen molar-refractivity contribution < 1.29 is 9.90 Å². The van der Waals surface area contributed by atoms with Crippen molar-refractivity contribution in [3.8, 4) is 0 Å². The lowest BCUT2D eigenvalue weighted by Gasteiger charge is -2.30. The molecule has 1 aromatic carbocycles. The minimum absolute atomic E-state index is 0.210. The molecule has 1 aliphatic rings. The lowest BCUT2D eigenvalue weighted by Crippen LogP contribution is -2.44. The van der Waals surface area contributed by atoms with Gasteiger partial charge in [0.25, 0.3) is 0 Å². The second-order valence-electron chi connectivity index (χ2n) is 7.57. The van der Waals surface area contributed by atoms with Gasteiger partial charge >= 0.3 is 6.03 Å². The van der Waals surface area contributed by atoms with E-state index in [1.165, 1.54) is 5.56 Å². The number of pyridine rings is 1.